The Kier molecular flexibility index (Phi) is 5.51. The number of carboxylic acid groups (broad SMARTS) is 1. The van der Waals surface area contributed by atoms with Gasteiger partial charge < -0.3 is 10.4 Å². The van der Waals surface area contributed by atoms with E-state index in [-0.39, 0.29) is 5.92 Å². The second kappa shape index (κ2) is 7.58. The molecule has 23 heavy (non-hydrogen) atoms. The van der Waals surface area contributed by atoms with E-state index in [1.54, 1.807) is 10.9 Å². The highest BCUT2D eigenvalue weighted by molar-refractivity contribution is 5.96. The maximum Gasteiger partial charge on any atom is 0.326 e. The topological polar surface area (TPSA) is 84.2 Å². The standard InChI is InChI=1S/C17H21N3O3/c1-12(2)8-15(17(22)23)19-16(21)14-9-18-20(11-14)10-13-6-4-3-5-7-13/h3-7,9,11-12,15H,8,10H2,1-2H3,(H,19,21)(H,22,23). The van der Waals surface area contributed by atoms with Gasteiger partial charge in [-0.1, -0.05) is 44.2 Å². The van der Waals surface area contributed by atoms with Gasteiger partial charge in [-0.25, -0.2) is 4.79 Å². The van der Waals surface area contributed by atoms with Gasteiger partial charge in [0.05, 0.1) is 18.3 Å². The number of nitrogens with one attached hydrogen (secondary N) is 1. The average molecular weight is 315 g/mol. The number of rotatable bonds is 7. The van der Waals surface area contributed by atoms with Crippen molar-refractivity contribution in [3.05, 3.63) is 53.9 Å². The van der Waals surface area contributed by atoms with Crippen LogP contribution in [0, 0.1) is 5.92 Å². The molecule has 0 bridgehead atoms. The minimum absolute atomic E-state index is 0.178. The minimum atomic E-state index is -1.02. The number of carboxylic acids is 1. The number of carbonyl (C=O) groups is 2. The van der Waals surface area contributed by atoms with Crippen molar-refractivity contribution in [2.45, 2.75) is 32.9 Å². The molecule has 0 fully saturated rings. The van der Waals surface area contributed by atoms with E-state index in [4.69, 9.17) is 0 Å². The largest absolute Gasteiger partial charge is 0.480 e. The average Bonchev–Trinajstić information content (AvgIpc) is 2.95. The van der Waals surface area contributed by atoms with Crippen molar-refractivity contribution >= 4 is 11.9 Å². The Hall–Kier alpha value is -2.63. The van der Waals surface area contributed by atoms with E-state index < -0.39 is 17.9 Å². The van der Waals surface area contributed by atoms with Crippen molar-refractivity contribution in [3.8, 4) is 0 Å². The molecule has 2 N–H and O–H groups in total. The lowest BCUT2D eigenvalue weighted by Gasteiger charge is -2.15. The minimum Gasteiger partial charge on any atom is -0.480 e. The second-order valence-corrected chi connectivity index (χ2v) is 5.91. The summed E-state index contributed by atoms with van der Waals surface area (Å²) in [6.45, 7) is 4.39. The zero-order valence-corrected chi connectivity index (χ0v) is 13.3. The van der Waals surface area contributed by atoms with Crippen LogP contribution in [0.4, 0.5) is 0 Å². The van der Waals surface area contributed by atoms with Crippen LogP contribution in [0.3, 0.4) is 0 Å². The van der Waals surface area contributed by atoms with Gasteiger partial charge in [-0.2, -0.15) is 5.10 Å². The molecule has 1 heterocycles. The highest BCUT2D eigenvalue weighted by atomic mass is 16.4. The van der Waals surface area contributed by atoms with E-state index in [0.29, 0.717) is 18.5 Å². The zero-order chi connectivity index (χ0) is 16.8. The lowest BCUT2D eigenvalue weighted by atomic mass is 10.0. The number of nitrogens with zero attached hydrogens (tertiary/aromatic N) is 2. The van der Waals surface area contributed by atoms with Gasteiger partial charge in [-0.15, -0.1) is 0 Å². The van der Waals surface area contributed by atoms with Crippen molar-refractivity contribution in [1.29, 1.82) is 0 Å². The van der Waals surface area contributed by atoms with Gasteiger partial charge in [0.2, 0.25) is 0 Å². The maximum atomic E-state index is 12.2. The van der Waals surface area contributed by atoms with E-state index in [0.717, 1.165) is 5.56 Å². The molecule has 0 saturated heterocycles. The smallest absolute Gasteiger partial charge is 0.326 e. The summed E-state index contributed by atoms with van der Waals surface area (Å²) < 4.78 is 1.66. The number of benzene rings is 1. The van der Waals surface area contributed by atoms with Crippen LogP contribution in [0.25, 0.3) is 0 Å². The number of hydrogen-bond donors (Lipinski definition) is 2. The first kappa shape index (κ1) is 16.7. The second-order valence-electron chi connectivity index (χ2n) is 5.91. The summed E-state index contributed by atoms with van der Waals surface area (Å²) in [5.74, 6) is -1.27. The third-order valence-corrected chi connectivity index (χ3v) is 3.39. The van der Waals surface area contributed by atoms with Crippen LogP contribution in [0.1, 0.15) is 36.2 Å². The first-order chi connectivity index (χ1) is 11.0. The Balaban J connectivity index is 2.01. The molecule has 6 nitrogen and oxygen atoms in total. The van der Waals surface area contributed by atoms with Crippen LogP contribution in [0.5, 0.6) is 0 Å². The first-order valence-corrected chi connectivity index (χ1v) is 7.55. The molecule has 1 unspecified atom stereocenters. The molecule has 1 aromatic heterocycles. The van der Waals surface area contributed by atoms with Gasteiger partial charge >= 0.3 is 5.97 Å². The van der Waals surface area contributed by atoms with Gasteiger partial charge in [0.15, 0.2) is 0 Å². The first-order valence-electron chi connectivity index (χ1n) is 7.55. The molecular weight excluding hydrogens is 294 g/mol. The molecule has 0 radical (unpaired) electrons. The van der Waals surface area contributed by atoms with Gasteiger partial charge in [0.1, 0.15) is 6.04 Å². The van der Waals surface area contributed by atoms with Crippen molar-refractivity contribution in [3.63, 3.8) is 0 Å². The maximum absolute atomic E-state index is 12.2. The SMILES string of the molecule is CC(C)CC(NC(=O)c1cnn(Cc2ccccc2)c1)C(=O)O. The summed E-state index contributed by atoms with van der Waals surface area (Å²) in [4.78, 5) is 23.4. The molecule has 1 amide bonds. The normalized spacial score (nSPS) is 12.1. The number of carbonyl (C=O) groups excluding carboxylic acids is 1. The highest BCUT2D eigenvalue weighted by Gasteiger charge is 2.22. The Morgan fingerprint density at radius 1 is 1.26 bits per heavy atom. The fraction of sp³-hybridized carbons (Fsp3) is 0.353. The molecule has 2 aromatic rings. The van der Waals surface area contributed by atoms with Crippen LogP contribution in [-0.4, -0.2) is 32.8 Å². The Bertz CT molecular complexity index is 665. The number of hydrogen-bond acceptors (Lipinski definition) is 3. The quantitative estimate of drug-likeness (QED) is 0.820. The number of aromatic nitrogens is 2. The van der Waals surface area contributed by atoms with Crippen LogP contribution in [0.15, 0.2) is 42.7 Å². The number of aliphatic carboxylic acids is 1. The van der Waals surface area contributed by atoms with Crippen LogP contribution in [-0.2, 0) is 11.3 Å². The van der Waals surface area contributed by atoms with Gasteiger partial charge in [-0.05, 0) is 17.9 Å². The van der Waals surface area contributed by atoms with Gasteiger partial charge in [0, 0.05) is 6.20 Å². The van der Waals surface area contributed by atoms with Crippen LogP contribution in [0.2, 0.25) is 0 Å². The summed E-state index contributed by atoms with van der Waals surface area (Å²) in [5, 5.41) is 15.9. The molecule has 0 spiro atoms. The van der Waals surface area contributed by atoms with E-state index in [1.165, 1.54) is 6.20 Å². The summed E-state index contributed by atoms with van der Waals surface area (Å²) in [6.07, 6.45) is 3.46. The predicted octanol–water partition coefficient (Wildman–Crippen LogP) is 2.16. The molecule has 6 heteroatoms. The summed E-state index contributed by atoms with van der Waals surface area (Å²) in [6, 6.07) is 8.88. The van der Waals surface area contributed by atoms with Crippen LogP contribution < -0.4 is 5.32 Å². The molecule has 0 saturated carbocycles. The van der Waals surface area contributed by atoms with Crippen molar-refractivity contribution in [2.75, 3.05) is 0 Å². The van der Waals surface area contributed by atoms with E-state index in [1.807, 2.05) is 44.2 Å². The van der Waals surface area contributed by atoms with Crippen LogP contribution >= 0.6 is 0 Å². The van der Waals surface area contributed by atoms with E-state index in [9.17, 15) is 14.7 Å². The molecule has 2 rings (SSSR count). The Morgan fingerprint density at radius 3 is 2.57 bits per heavy atom. The van der Waals surface area contributed by atoms with E-state index in [2.05, 4.69) is 10.4 Å². The Labute approximate surface area is 135 Å². The fourth-order valence-corrected chi connectivity index (χ4v) is 2.27. The summed E-state index contributed by atoms with van der Waals surface area (Å²) >= 11 is 0. The Morgan fingerprint density at radius 2 is 1.96 bits per heavy atom. The van der Waals surface area contributed by atoms with Crippen molar-refractivity contribution < 1.29 is 14.7 Å². The third-order valence-electron chi connectivity index (χ3n) is 3.39. The lowest BCUT2D eigenvalue weighted by molar-refractivity contribution is -0.139. The lowest BCUT2D eigenvalue weighted by Crippen LogP contribution is -2.41. The molecule has 1 atom stereocenters. The molecule has 1 aromatic carbocycles. The van der Waals surface area contributed by atoms with Gasteiger partial charge in [-0.3, -0.25) is 9.48 Å². The molecule has 0 aliphatic carbocycles. The predicted molar refractivity (Wildman–Crippen MR) is 86.1 cm³/mol. The summed E-state index contributed by atoms with van der Waals surface area (Å²) in [7, 11) is 0. The van der Waals surface area contributed by atoms with Gasteiger partial charge in [0.25, 0.3) is 5.91 Å². The fourth-order valence-electron chi connectivity index (χ4n) is 2.27. The summed E-state index contributed by atoms with van der Waals surface area (Å²) in [5.41, 5.74) is 1.43. The zero-order valence-electron chi connectivity index (χ0n) is 13.3. The molecule has 0 aliphatic heterocycles. The monoisotopic (exact) mass is 315 g/mol. The molecule has 122 valence electrons. The molecular formula is C17H21N3O3. The number of amides is 1. The highest BCUT2D eigenvalue weighted by Crippen LogP contribution is 2.08. The third kappa shape index (κ3) is 4.95. The van der Waals surface area contributed by atoms with Crippen molar-refractivity contribution in [1.82, 2.24) is 15.1 Å². The molecule has 0 aliphatic rings. The van der Waals surface area contributed by atoms with E-state index >= 15 is 0 Å². The van der Waals surface area contributed by atoms with Crippen molar-refractivity contribution in [2.24, 2.45) is 5.92 Å².